The molecule has 2 aromatic carbocycles. The number of aliphatic hydroxyl groups is 1. The molecule has 0 aliphatic carbocycles. The average molecular weight is 337 g/mol. The fraction of sp³-hybridized carbons (Fsp3) is 0.278. The minimum atomic E-state index is -4.39. The molecule has 6 heteroatoms. The molecular formula is C18H18F3NO2. The molecule has 0 aliphatic rings. The molecule has 128 valence electrons. The van der Waals surface area contributed by atoms with Crippen LogP contribution in [-0.4, -0.2) is 29.1 Å². The Kier molecular flexibility index (Phi) is 5.98. The lowest BCUT2D eigenvalue weighted by Crippen LogP contribution is -2.34. The Morgan fingerprint density at radius 3 is 2.12 bits per heavy atom. The van der Waals surface area contributed by atoms with Gasteiger partial charge in [0.15, 0.2) is 0 Å². The van der Waals surface area contributed by atoms with E-state index in [1.165, 1.54) is 17.0 Å². The van der Waals surface area contributed by atoms with Gasteiger partial charge >= 0.3 is 6.18 Å². The maximum absolute atomic E-state index is 12.6. The van der Waals surface area contributed by atoms with Gasteiger partial charge in [0.25, 0.3) is 0 Å². The van der Waals surface area contributed by atoms with Crippen LogP contribution in [0.2, 0.25) is 0 Å². The highest BCUT2D eigenvalue weighted by atomic mass is 19.4. The van der Waals surface area contributed by atoms with Crippen molar-refractivity contribution < 1.29 is 23.1 Å². The van der Waals surface area contributed by atoms with Crippen LogP contribution in [0.3, 0.4) is 0 Å². The van der Waals surface area contributed by atoms with Crippen molar-refractivity contribution in [3.63, 3.8) is 0 Å². The number of carbonyl (C=O) groups excluding carboxylic acids is 1. The first kappa shape index (κ1) is 18.0. The van der Waals surface area contributed by atoms with Crippen LogP contribution < -0.4 is 0 Å². The fourth-order valence-corrected chi connectivity index (χ4v) is 2.31. The maximum Gasteiger partial charge on any atom is 0.416 e. The molecule has 1 N–H and O–H groups in total. The van der Waals surface area contributed by atoms with E-state index < -0.39 is 11.7 Å². The molecule has 2 rings (SSSR count). The molecule has 0 radical (unpaired) electrons. The largest absolute Gasteiger partial charge is 0.416 e. The van der Waals surface area contributed by atoms with Gasteiger partial charge in [-0.05, 0) is 23.3 Å². The number of rotatable bonds is 6. The SMILES string of the molecule is O=C(Cc1ccc(C(F)(F)F)cc1)N(CCO)Cc1ccccc1. The molecule has 0 atom stereocenters. The number of halogens is 3. The van der Waals surface area contributed by atoms with Gasteiger partial charge in [0.2, 0.25) is 5.91 Å². The first-order valence-corrected chi connectivity index (χ1v) is 7.49. The van der Waals surface area contributed by atoms with Crippen molar-refractivity contribution in [1.29, 1.82) is 0 Å². The predicted octanol–water partition coefficient (Wildman–Crippen LogP) is 3.27. The number of benzene rings is 2. The third-order valence-corrected chi connectivity index (χ3v) is 3.58. The number of nitrogens with zero attached hydrogens (tertiary/aromatic N) is 1. The van der Waals surface area contributed by atoms with Crippen LogP contribution in [0.15, 0.2) is 54.6 Å². The zero-order chi connectivity index (χ0) is 17.6. The number of carbonyl (C=O) groups is 1. The van der Waals surface area contributed by atoms with Gasteiger partial charge in [0.1, 0.15) is 0 Å². The Hall–Kier alpha value is -2.34. The predicted molar refractivity (Wildman–Crippen MR) is 84.1 cm³/mol. The molecule has 0 unspecified atom stereocenters. The molecule has 0 aromatic heterocycles. The van der Waals surface area contributed by atoms with Crippen LogP contribution in [0.4, 0.5) is 13.2 Å². The van der Waals surface area contributed by atoms with Gasteiger partial charge in [-0.25, -0.2) is 0 Å². The topological polar surface area (TPSA) is 40.5 Å². The van der Waals surface area contributed by atoms with Gasteiger partial charge in [-0.15, -0.1) is 0 Å². The molecule has 0 bridgehead atoms. The minimum Gasteiger partial charge on any atom is -0.395 e. The normalized spacial score (nSPS) is 11.3. The van der Waals surface area contributed by atoms with Gasteiger partial charge in [0.05, 0.1) is 18.6 Å². The number of alkyl halides is 3. The highest BCUT2D eigenvalue weighted by Gasteiger charge is 2.30. The molecular weight excluding hydrogens is 319 g/mol. The Morgan fingerprint density at radius 1 is 0.958 bits per heavy atom. The van der Waals surface area contributed by atoms with Gasteiger partial charge in [-0.1, -0.05) is 42.5 Å². The first-order valence-electron chi connectivity index (χ1n) is 7.49. The molecule has 24 heavy (non-hydrogen) atoms. The van der Waals surface area contributed by atoms with Gasteiger partial charge < -0.3 is 10.0 Å². The quantitative estimate of drug-likeness (QED) is 0.879. The van der Waals surface area contributed by atoms with E-state index >= 15 is 0 Å². The molecule has 0 spiro atoms. The van der Waals surface area contributed by atoms with Crippen molar-refractivity contribution in [2.75, 3.05) is 13.2 Å². The third kappa shape index (κ3) is 5.09. The Labute approximate surface area is 138 Å². The number of aliphatic hydroxyl groups excluding tert-OH is 1. The van der Waals surface area contributed by atoms with Crippen molar-refractivity contribution in [1.82, 2.24) is 4.90 Å². The monoisotopic (exact) mass is 337 g/mol. The number of amides is 1. The molecule has 0 saturated carbocycles. The van der Waals surface area contributed by atoms with Crippen molar-refractivity contribution >= 4 is 5.91 Å². The molecule has 0 saturated heterocycles. The van der Waals surface area contributed by atoms with Crippen LogP contribution >= 0.6 is 0 Å². The zero-order valence-corrected chi connectivity index (χ0v) is 13.0. The van der Waals surface area contributed by atoms with E-state index in [1.807, 2.05) is 30.3 Å². The maximum atomic E-state index is 12.6. The second-order valence-corrected chi connectivity index (χ2v) is 5.40. The Balaban J connectivity index is 2.04. The lowest BCUT2D eigenvalue weighted by Gasteiger charge is -2.22. The van der Waals surface area contributed by atoms with E-state index in [4.69, 9.17) is 5.11 Å². The van der Waals surface area contributed by atoms with Crippen molar-refractivity contribution in [3.8, 4) is 0 Å². The summed E-state index contributed by atoms with van der Waals surface area (Å²) in [4.78, 5) is 13.9. The summed E-state index contributed by atoms with van der Waals surface area (Å²) in [5, 5.41) is 9.14. The van der Waals surface area contributed by atoms with Crippen molar-refractivity contribution in [2.24, 2.45) is 0 Å². The fourth-order valence-electron chi connectivity index (χ4n) is 2.31. The summed E-state index contributed by atoms with van der Waals surface area (Å²) in [6.45, 7) is 0.348. The van der Waals surface area contributed by atoms with E-state index in [1.54, 1.807) is 0 Å². The summed E-state index contributed by atoms with van der Waals surface area (Å²) in [7, 11) is 0. The zero-order valence-electron chi connectivity index (χ0n) is 13.0. The summed E-state index contributed by atoms with van der Waals surface area (Å²) in [6.07, 6.45) is -4.40. The van der Waals surface area contributed by atoms with E-state index in [9.17, 15) is 18.0 Å². The number of hydrogen-bond donors (Lipinski definition) is 1. The van der Waals surface area contributed by atoms with E-state index in [2.05, 4.69) is 0 Å². The highest BCUT2D eigenvalue weighted by Crippen LogP contribution is 2.29. The van der Waals surface area contributed by atoms with E-state index in [0.29, 0.717) is 12.1 Å². The minimum absolute atomic E-state index is 0.00896. The van der Waals surface area contributed by atoms with Gasteiger partial charge in [0, 0.05) is 13.1 Å². The van der Waals surface area contributed by atoms with Crippen molar-refractivity contribution in [3.05, 3.63) is 71.3 Å². The highest BCUT2D eigenvalue weighted by molar-refractivity contribution is 5.78. The lowest BCUT2D eigenvalue weighted by molar-refractivity contribution is -0.137. The number of hydrogen-bond acceptors (Lipinski definition) is 2. The molecule has 3 nitrogen and oxygen atoms in total. The van der Waals surface area contributed by atoms with Crippen LogP contribution in [0, 0.1) is 0 Å². The lowest BCUT2D eigenvalue weighted by atomic mass is 10.1. The average Bonchev–Trinajstić information content (AvgIpc) is 2.55. The summed E-state index contributed by atoms with van der Waals surface area (Å²) in [5.74, 6) is -0.243. The first-order chi connectivity index (χ1) is 11.4. The van der Waals surface area contributed by atoms with Crippen LogP contribution in [0.5, 0.6) is 0 Å². The van der Waals surface area contributed by atoms with E-state index in [0.717, 1.165) is 17.7 Å². The Bertz CT molecular complexity index is 654. The second kappa shape index (κ2) is 7.97. The molecule has 0 heterocycles. The van der Waals surface area contributed by atoms with E-state index in [-0.39, 0.29) is 25.5 Å². The molecule has 1 amide bonds. The van der Waals surface area contributed by atoms with Crippen LogP contribution in [0.25, 0.3) is 0 Å². The summed E-state index contributed by atoms with van der Waals surface area (Å²) in [6, 6.07) is 13.9. The molecule has 2 aromatic rings. The van der Waals surface area contributed by atoms with Crippen molar-refractivity contribution in [2.45, 2.75) is 19.1 Å². The van der Waals surface area contributed by atoms with Crippen LogP contribution in [0.1, 0.15) is 16.7 Å². The van der Waals surface area contributed by atoms with Crippen LogP contribution in [-0.2, 0) is 23.9 Å². The summed E-state index contributed by atoms with van der Waals surface area (Å²) in [5.41, 5.74) is 0.686. The second-order valence-electron chi connectivity index (χ2n) is 5.40. The standard InChI is InChI=1S/C18H18F3NO2/c19-18(20,21)16-8-6-14(7-9-16)12-17(24)22(10-11-23)13-15-4-2-1-3-5-15/h1-9,23H,10-13H2. The summed E-state index contributed by atoms with van der Waals surface area (Å²) >= 11 is 0. The molecule has 0 fully saturated rings. The Morgan fingerprint density at radius 2 is 1.58 bits per heavy atom. The summed E-state index contributed by atoms with van der Waals surface area (Å²) < 4.78 is 37.7. The third-order valence-electron chi connectivity index (χ3n) is 3.58. The van der Waals surface area contributed by atoms with Gasteiger partial charge in [-0.2, -0.15) is 13.2 Å². The smallest absolute Gasteiger partial charge is 0.395 e. The molecule has 0 aliphatic heterocycles. The van der Waals surface area contributed by atoms with Gasteiger partial charge in [-0.3, -0.25) is 4.79 Å².